The fourth-order valence-corrected chi connectivity index (χ4v) is 3.76. The molecule has 8 heteroatoms. The molecule has 2 aromatic carbocycles. The number of hydrazone groups is 1. The molecule has 0 saturated heterocycles. The molecule has 0 radical (unpaired) electrons. The molecule has 1 heterocycles. The van der Waals surface area contributed by atoms with E-state index in [1.807, 2.05) is 48.5 Å². The van der Waals surface area contributed by atoms with Crippen molar-refractivity contribution >= 4 is 28.8 Å². The van der Waals surface area contributed by atoms with Crippen LogP contribution in [0.5, 0.6) is 11.5 Å². The van der Waals surface area contributed by atoms with E-state index in [1.165, 1.54) is 0 Å². The van der Waals surface area contributed by atoms with E-state index in [-0.39, 0.29) is 0 Å². The fraction of sp³-hybridized carbons (Fsp3) is 0.292. The highest BCUT2D eigenvalue weighted by atomic mass is 32.2. The number of nitriles is 1. The normalized spacial score (nSPS) is 15.9. The molecule has 0 amide bonds. The molecule has 0 saturated carbocycles. The second-order valence-electron chi connectivity index (χ2n) is 7.46. The Balaban J connectivity index is 1.86. The number of rotatable bonds is 8. The monoisotopic (exact) mass is 449 g/mol. The molecule has 0 aliphatic carbocycles. The van der Waals surface area contributed by atoms with Gasteiger partial charge in [0, 0.05) is 5.75 Å². The zero-order valence-corrected chi connectivity index (χ0v) is 19.4. The smallest absolute Gasteiger partial charge is 0.174 e. The first-order chi connectivity index (χ1) is 15.5. The summed E-state index contributed by atoms with van der Waals surface area (Å²) in [5.41, 5.74) is 6.00. The van der Waals surface area contributed by atoms with Crippen molar-refractivity contribution in [3.05, 3.63) is 65.2 Å². The summed E-state index contributed by atoms with van der Waals surface area (Å²) in [5, 5.41) is 18.3. The Morgan fingerprint density at radius 3 is 2.31 bits per heavy atom. The van der Waals surface area contributed by atoms with Gasteiger partial charge < -0.3 is 14.8 Å². The number of hydrogen-bond donors (Lipinski definition) is 2. The molecule has 1 aliphatic rings. The first-order valence-electron chi connectivity index (χ1n) is 10.2. The van der Waals surface area contributed by atoms with Gasteiger partial charge in [0.2, 0.25) is 0 Å². The average Bonchev–Trinajstić information content (AvgIpc) is 2.83. The summed E-state index contributed by atoms with van der Waals surface area (Å²) in [7, 11) is 3.26. The van der Waals surface area contributed by atoms with Crippen molar-refractivity contribution in [2.75, 3.05) is 20.0 Å². The van der Waals surface area contributed by atoms with Crippen LogP contribution in [0, 0.1) is 17.2 Å². The van der Waals surface area contributed by atoms with Crippen molar-refractivity contribution in [1.29, 1.82) is 5.26 Å². The summed E-state index contributed by atoms with van der Waals surface area (Å²) in [5.74, 6) is 2.95. The Hall–Kier alpha value is -3.44. The summed E-state index contributed by atoms with van der Waals surface area (Å²) in [6, 6.07) is 17.4. The molecule has 1 atom stereocenters. The number of nitrogens with one attached hydrogen (secondary N) is 2. The van der Waals surface area contributed by atoms with Gasteiger partial charge in [0.1, 0.15) is 17.6 Å². The maximum Gasteiger partial charge on any atom is 0.174 e. The minimum absolute atomic E-state index is 0.468. The van der Waals surface area contributed by atoms with E-state index in [0.29, 0.717) is 17.2 Å². The van der Waals surface area contributed by atoms with E-state index in [0.717, 1.165) is 33.5 Å². The van der Waals surface area contributed by atoms with Crippen LogP contribution in [-0.4, -0.2) is 37.5 Å². The lowest BCUT2D eigenvalue weighted by Crippen LogP contribution is -2.36. The minimum atomic E-state index is -0.595. The highest BCUT2D eigenvalue weighted by molar-refractivity contribution is 8.13. The van der Waals surface area contributed by atoms with E-state index < -0.39 is 6.17 Å². The largest absolute Gasteiger partial charge is 0.497 e. The van der Waals surface area contributed by atoms with Gasteiger partial charge >= 0.3 is 0 Å². The number of benzene rings is 2. The van der Waals surface area contributed by atoms with E-state index in [4.69, 9.17) is 14.5 Å². The van der Waals surface area contributed by atoms with Gasteiger partial charge in [-0.1, -0.05) is 25.6 Å². The molecule has 0 fully saturated rings. The number of thioether (sulfide) groups is 1. The third-order valence-electron chi connectivity index (χ3n) is 4.60. The molecule has 3 rings (SSSR count). The third-order valence-corrected chi connectivity index (χ3v) is 5.91. The van der Waals surface area contributed by atoms with Crippen molar-refractivity contribution in [3.8, 4) is 17.6 Å². The van der Waals surface area contributed by atoms with Gasteiger partial charge in [-0.3, -0.25) is 5.43 Å². The highest BCUT2D eigenvalue weighted by Crippen LogP contribution is 2.27. The van der Waals surface area contributed by atoms with Crippen LogP contribution in [-0.2, 0) is 0 Å². The van der Waals surface area contributed by atoms with E-state index in [2.05, 4.69) is 35.8 Å². The molecule has 0 bridgehead atoms. The van der Waals surface area contributed by atoms with Gasteiger partial charge in [-0.2, -0.15) is 10.4 Å². The summed E-state index contributed by atoms with van der Waals surface area (Å²) in [4.78, 5) is 4.69. The predicted octanol–water partition coefficient (Wildman–Crippen LogP) is 4.24. The predicted molar refractivity (Wildman–Crippen MR) is 131 cm³/mol. The average molecular weight is 450 g/mol. The molecule has 32 heavy (non-hydrogen) atoms. The first-order valence-corrected chi connectivity index (χ1v) is 11.2. The van der Waals surface area contributed by atoms with Gasteiger partial charge in [-0.25, -0.2) is 4.99 Å². The van der Waals surface area contributed by atoms with Crippen LogP contribution in [0.4, 0.5) is 0 Å². The Bertz CT molecular complexity index is 1040. The van der Waals surface area contributed by atoms with Crippen molar-refractivity contribution < 1.29 is 9.47 Å². The van der Waals surface area contributed by atoms with Crippen LogP contribution < -0.4 is 20.2 Å². The summed E-state index contributed by atoms with van der Waals surface area (Å²) in [6.45, 7) is 4.32. The SMILES string of the molecule is COc1ccc(/C=N/NC2N=C(SCC(C)C)NC(c3ccc(OC)cc3)=C2C#N)cc1. The molecule has 166 valence electrons. The van der Waals surface area contributed by atoms with Crippen molar-refractivity contribution in [2.45, 2.75) is 20.0 Å². The Kier molecular flexibility index (Phi) is 8.17. The Morgan fingerprint density at radius 1 is 1.12 bits per heavy atom. The third kappa shape index (κ3) is 6.05. The Labute approximate surface area is 193 Å². The van der Waals surface area contributed by atoms with E-state index in [9.17, 15) is 5.26 Å². The molecule has 7 nitrogen and oxygen atoms in total. The molecule has 1 aliphatic heterocycles. The maximum absolute atomic E-state index is 9.92. The zero-order chi connectivity index (χ0) is 22.9. The number of nitrogens with zero attached hydrogens (tertiary/aromatic N) is 3. The van der Waals surface area contributed by atoms with Crippen molar-refractivity contribution in [2.24, 2.45) is 16.0 Å². The van der Waals surface area contributed by atoms with Gasteiger partial charge in [0.15, 0.2) is 11.3 Å². The zero-order valence-electron chi connectivity index (χ0n) is 18.6. The van der Waals surface area contributed by atoms with Crippen LogP contribution in [0.1, 0.15) is 25.0 Å². The quantitative estimate of drug-likeness (QED) is 0.463. The van der Waals surface area contributed by atoms with Crippen LogP contribution in [0.25, 0.3) is 5.70 Å². The van der Waals surface area contributed by atoms with Gasteiger partial charge in [0.05, 0.1) is 31.7 Å². The van der Waals surface area contributed by atoms with E-state index in [1.54, 1.807) is 32.2 Å². The van der Waals surface area contributed by atoms with E-state index >= 15 is 0 Å². The number of aliphatic imine (C=N–C) groups is 1. The highest BCUT2D eigenvalue weighted by Gasteiger charge is 2.25. The molecule has 2 aromatic rings. The molecule has 0 spiro atoms. The molecular formula is C24H27N5O2S. The fourth-order valence-electron chi connectivity index (χ4n) is 2.91. The van der Waals surface area contributed by atoms with Gasteiger partial charge in [-0.05, 0) is 65.6 Å². The molecule has 1 unspecified atom stereocenters. The van der Waals surface area contributed by atoms with Crippen LogP contribution >= 0.6 is 11.8 Å². The summed E-state index contributed by atoms with van der Waals surface area (Å²) >= 11 is 1.63. The minimum Gasteiger partial charge on any atom is -0.497 e. The van der Waals surface area contributed by atoms with Crippen LogP contribution in [0.15, 0.2) is 64.2 Å². The number of amidine groups is 1. The first kappa shape index (κ1) is 23.2. The summed E-state index contributed by atoms with van der Waals surface area (Å²) in [6.07, 6.45) is 1.10. The van der Waals surface area contributed by atoms with Gasteiger partial charge in [0.25, 0.3) is 0 Å². The standard InChI is InChI=1S/C24H27N5O2S/c1-16(2)15-32-24-27-22(18-7-11-20(31-4)12-8-18)21(13-25)23(28-24)29-26-14-17-5-9-19(30-3)10-6-17/h5-12,14,16,23,29H,15H2,1-4H3,(H,27,28)/b26-14+. The number of methoxy groups -OCH3 is 2. The lowest BCUT2D eigenvalue weighted by molar-refractivity contribution is 0.414. The van der Waals surface area contributed by atoms with Gasteiger partial charge in [-0.15, -0.1) is 0 Å². The van der Waals surface area contributed by atoms with Crippen LogP contribution in [0.3, 0.4) is 0 Å². The molecule has 2 N–H and O–H groups in total. The van der Waals surface area contributed by atoms with Crippen molar-refractivity contribution in [1.82, 2.24) is 10.7 Å². The van der Waals surface area contributed by atoms with Crippen LogP contribution in [0.2, 0.25) is 0 Å². The lowest BCUT2D eigenvalue weighted by Gasteiger charge is -2.25. The van der Waals surface area contributed by atoms with Crippen molar-refractivity contribution in [3.63, 3.8) is 0 Å². The molecule has 0 aromatic heterocycles. The summed E-state index contributed by atoms with van der Waals surface area (Å²) < 4.78 is 10.4. The second kappa shape index (κ2) is 11.3. The Morgan fingerprint density at radius 2 is 1.75 bits per heavy atom. The molecular weight excluding hydrogens is 422 g/mol. The topological polar surface area (TPSA) is 91.0 Å². The number of ether oxygens (including phenoxy) is 2. The second-order valence-corrected chi connectivity index (χ2v) is 8.46. The maximum atomic E-state index is 9.92. The lowest BCUT2D eigenvalue weighted by atomic mass is 10.0. The number of hydrogen-bond acceptors (Lipinski definition) is 8.